The highest BCUT2D eigenvalue weighted by atomic mass is 35.5. The van der Waals surface area contributed by atoms with Crippen LogP contribution >= 0.6 is 11.6 Å². The van der Waals surface area contributed by atoms with E-state index in [2.05, 4.69) is 6.92 Å². The number of aliphatic hydroxyl groups is 1. The van der Waals surface area contributed by atoms with Crippen LogP contribution in [0.25, 0.3) is 0 Å². The molecule has 5 atom stereocenters. The van der Waals surface area contributed by atoms with Crippen molar-refractivity contribution in [1.82, 2.24) is 0 Å². The van der Waals surface area contributed by atoms with Crippen molar-refractivity contribution in [3.63, 3.8) is 0 Å². The van der Waals surface area contributed by atoms with Crippen molar-refractivity contribution < 1.29 is 43.2 Å². The Morgan fingerprint density at radius 1 is 0.953 bits per heavy atom. The van der Waals surface area contributed by atoms with Crippen molar-refractivity contribution in [2.45, 2.75) is 96.7 Å². The molecule has 1 aliphatic carbocycles. The number of ether oxygens (including phenoxy) is 5. The highest BCUT2D eigenvalue weighted by Gasteiger charge is 2.50. The number of esters is 3. The molecule has 10 heteroatoms. The first kappa shape index (κ1) is 32.8. The molecule has 2 fully saturated rings. The lowest BCUT2D eigenvalue weighted by molar-refractivity contribution is -0.249. The molecule has 0 aromatic heterocycles. The summed E-state index contributed by atoms with van der Waals surface area (Å²) >= 11 is 6.61. The summed E-state index contributed by atoms with van der Waals surface area (Å²) in [6.07, 6.45) is 0.732. The van der Waals surface area contributed by atoms with E-state index in [1.165, 1.54) is 46.5 Å². The first-order chi connectivity index (χ1) is 20.5. The first-order valence-corrected chi connectivity index (χ1v) is 15.2. The van der Waals surface area contributed by atoms with Gasteiger partial charge >= 0.3 is 17.9 Å². The van der Waals surface area contributed by atoms with Gasteiger partial charge in [0.1, 0.15) is 30.7 Å². The van der Waals surface area contributed by atoms with Crippen LogP contribution in [0.2, 0.25) is 5.02 Å². The topological polar surface area (TPSA) is 118 Å². The second kappa shape index (κ2) is 14.6. The molecule has 4 rings (SSSR count). The van der Waals surface area contributed by atoms with Gasteiger partial charge in [0.25, 0.3) is 0 Å². The van der Waals surface area contributed by atoms with Gasteiger partial charge in [-0.25, -0.2) is 0 Å². The van der Waals surface area contributed by atoms with Gasteiger partial charge in [-0.2, -0.15) is 0 Å². The van der Waals surface area contributed by atoms with Gasteiger partial charge in [0, 0.05) is 31.2 Å². The maximum atomic E-state index is 12.1. The zero-order valence-electron chi connectivity index (χ0n) is 25.2. The molecule has 0 spiro atoms. The standard InChI is InChI=1S/C33H41ClO9/c1-5-33(14-6-7-15-33)19-40-26-11-8-23(9-12-26)16-25-17-24(10-13-27(25)34)30-32(42-22(4)37)31(41-21(3)36)29(38)28(43-30)18-39-20(2)35/h8-13,17,28-32,38H,5-7,14-16,18-19H2,1-4H3. The van der Waals surface area contributed by atoms with Crippen molar-refractivity contribution in [2.24, 2.45) is 5.41 Å². The van der Waals surface area contributed by atoms with E-state index in [1.807, 2.05) is 30.3 Å². The molecule has 5 unspecified atom stereocenters. The van der Waals surface area contributed by atoms with Gasteiger partial charge in [-0.05, 0) is 60.6 Å². The van der Waals surface area contributed by atoms with Gasteiger partial charge in [0.05, 0.1) is 6.61 Å². The molecule has 43 heavy (non-hydrogen) atoms. The molecule has 9 nitrogen and oxygen atoms in total. The predicted octanol–water partition coefficient (Wildman–Crippen LogP) is 5.51. The number of carbonyl (C=O) groups excluding carboxylic acids is 3. The van der Waals surface area contributed by atoms with Crippen LogP contribution in [0, 0.1) is 5.41 Å². The fourth-order valence-corrected chi connectivity index (χ4v) is 6.16. The second-order valence-electron chi connectivity index (χ2n) is 11.6. The van der Waals surface area contributed by atoms with E-state index in [4.69, 9.17) is 35.3 Å². The smallest absolute Gasteiger partial charge is 0.303 e. The maximum absolute atomic E-state index is 12.1. The molecule has 2 aliphatic rings. The molecular formula is C33H41ClO9. The summed E-state index contributed by atoms with van der Waals surface area (Å²) in [5.74, 6) is -1.05. The molecule has 1 saturated carbocycles. The minimum Gasteiger partial charge on any atom is -0.493 e. The third kappa shape index (κ3) is 8.49. The third-order valence-electron chi connectivity index (χ3n) is 8.39. The van der Waals surface area contributed by atoms with E-state index in [0.29, 0.717) is 17.0 Å². The minimum atomic E-state index is -1.42. The number of rotatable bonds is 11. The molecule has 1 aliphatic heterocycles. The van der Waals surface area contributed by atoms with Crippen LogP contribution in [0.1, 0.15) is 82.6 Å². The molecule has 0 bridgehead atoms. The van der Waals surface area contributed by atoms with E-state index in [1.54, 1.807) is 12.1 Å². The van der Waals surface area contributed by atoms with Crippen molar-refractivity contribution in [1.29, 1.82) is 0 Å². The number of hydrogen-bond acceptors (Lipinski definition) is 9. The first-order valence-electron chi connectivity index (χ1n) is 14.8. The zero-order valence-corrected chi connectivity index (χ0v) is 25.9. The van der Waals surface area contributed by atoms with E-state index in [0.717, 1.165) is 29.9 Å². The number of halogens is 1. The van der Waals surface area contributed by atoms with E-state index in [9.17, 15) is 19.5 Å². The lowest BCUT2D eigenvalue weighted by Crippen LogP contribution is -2.58. The number of carbonyl (C=O) groups is 3. The lowest BCUT2D eigenvalue weighted by Gasteiger charge is -2.43. The van der Waals surface area contributed by atoms with E-state index < -0.39 is 48.4 Å². The van der Waals surface area contributed by atoms with Crippen LogP contribution in [-0.4, -0.2) is 60.6 Å². The van der Waals surface area contributed by atoms with Crippen LogP contribution in [0.4, 0.5) is 0 Å². The molecule has 0 amide bonds. The molecule has 1 saturated heterocycles. The van der Waals surface area contributed by atoms with Gasteiger partial charge in [-0.15, -0.1) is 0 Å². The SMILES string of the molecule is CCC1(COc2ccc(Cc3cc(C4OC(COC(C)=O)C(O)C(OC(C)=O)C4OC(C)=O)ccc3Cl)cc2)CCCC1. The number of hydrogen-bond donors (Lipinski definition) is 1. The highest BCUT2D eigenvalue weighted by Crippen LogP contribution is 2.41. The van der Waals surface area contributed by atoms with Crippen molar-refractivity contribution in [3.05, 3.63) is 64.2 Å². The summed E-state index contributed by atoms with van der Waals surface area (Å²) in [6, 6.07) is 13.2. The Kier molecular flexibility index (Phi) is 11.1. The summed E-state index contributed by atoms with van der Waals surface area (Å²) in [7, 11) is 0. The van der Waals surface area contributed by atoms with Crippen LogP contribution in [-0.2, 0) is 39.8 Å². The molecular weight excluding hydrogens is 576 g/mol. The average molecular weight is 617 g/mol. The summed E-state index contributed by atoms with van der Waals surface area (Å²) in [4.78, 5) is 35.5. The summed E-state index contributed by atoms with van der Waals surface area (Å²) in [5, 5.41) is 11.5. The Hall–Kier alpha value is -3.14. The lowest BCUT2D eigenvalue weighted by atomic mass is 9.84. The normalized spacial score (nSPS) is 24.7. The van der Waals surface area contributed by atoms with Crippen molar-refractivity contribution in [2.75, 3.05) is 13.2 Å². The van der Waals surface area contributed by atoms with Crippen molar-refractivity contribution >= 4 is 29.5 Å². The number of benzene rings is 2. The van der Waals surface area contributed by atoms with Gasteiger partial charge in [0.15, 0.2) is 12.2 Å². The van der Waals surface area contributed by atoms with Crippen LogP contribution in [0.5, 0.6) is 5.75 Å². The molecule has 0 radical (unpaired) electrons. The minimum absolute atomic E-state index is 0.277. The van der Waals surface area contributed by atoms with Gasteiger partial charge in [0.2, 0.25) is 0 Å². The molecule has 1 N–H and O–H groups in total. The summed E-state index contributed by atoms with van der Waals surface area (Å²) < 4.78 is 28.4. The average Bonchev–Trinajstić information content (AvgIpc) is 3.44. The van der Waals surface area contributed by atoms with Gasteiger partial charge in [-0.1, -0.05) is 55.6 Å². The van der Waals surface area contributed by atoms with Crippen LogP contribution in [0.15, 0.2) is 42.5 Å². The Labute approximate surface area is 257 Å². The fourth-order valence-electron chi connectivity index (χ4n) is 5.97. The summed E-state index contributed by atoms with van der Waals surface area (Å²) in [6.45, 7) is 6.32. The Bertz CT molecular complexity index is 1270. The third-order valence-corrected chi connectivity index (χ3v) is 8.76. The largest absolute Gasteiger partial charge is 0.493 e. The highest BCUT2D eigenvalue weighted by molar-refractivity contribution is 6.31. The number of aliphatic hydroxyl groups excluding tert-OH is 1. The molecule has 234 valence electrons. The van der Waals surface area contributed by atoms with Crippen LogP contribution in [0.3, 0.4) is 0 Å². The second-order valence-corrected chi connectivity index (χ2v) is 12.0. The predicted molar refractivity (Wildman–Crippen MR) is 159 cm³/mol. The van der Waals surface area contributed by atoms with E-state index in [-0.39, 0.29) is 12.0 Å². The molecule has 2 aromatic carbocycles. The monoisotopic (exact) mass is 616 g/mol. The Balaban J connectivity index is 1.55. The zero-order chi connectivity index (χ0) is 31.1. The quantitative estimate of drug-likeness (QED) is 0.258. The maximum Gasteiger partial charge on any atom is 0.303 e. The van der Waals surface area contributed by atoms with Crippen molar-refractivity contribution in [3.8, 4) is 5.75 Å². The fraction of sp³-hybridized carbons (Fsp3) is 0.545. The van der Waals surface area contributed by atoms with Gasteiger partial charge in [-0.3, -0.25) is 14.4 Å². The Morgan fingerprint density at radius 2 is 1.60 bits per heavy atom. The van der Waals surface area contributed by atoms with Gasteiger partial charge < -0.3 is 28.8 Å². The van der Waals surface area contributed by atoms with E-state index >= 15 is 0 Å². The summed E-state index contributed by atoms with van der Waals surface area (Å²) in [5.41, 5.74) is 2.67. The van der Waals surface area contributed by atoms with Crippen LogP contribution < -0.4 is 4.74 Å². The Morgan fingerprint density at radius 3 is 2.21 bits per heavy atom. The molecule has 1 heterocycles. The molecule has 2 aromatic rings.